The lowest BCUT2D eigenvalue weighted by molar-refractivity contribution is -0.133. The van der Waals surface area contributed by atoms with Crippen molar-refractivity contribution in [2.24, 2.45) is 28.1 Å². The van der Waals surface area contributed by atoms with E-state index in [1.165, 1.54) is 19.3 Å². The number of nitrogens with zero attached hydrogens (tertiary/aromatic N) is 2. The van der Waals surface area contributed by atoms with Crippen molar-refractivity contribution < 1.29 is 26.7 Å². The first kappa shape index (κ1) is 24.4. The van der Waals surface area contributed by atoms with Crippen LogP contribution in [-0.4, -0.2) is 63.2 Å². The zero-order valence-electron chi connectivity index (χ0n) is 20.1. The monoisotopic (exact) mass is 553 g/mol. The molecule has 9 nitrogen and oxygen atoms in total. The maximum Gasteiger partial charge on any atom is 0.287 e. The predicted octanol–water partition coefficient (Wildman–Crippen LogP) is 3.11. The molecule has 0 radical (unpaired) electrons. The number of hydrogen-bond acceptors (Lipinski definition) is 8. The van der Waals surface area contributed by atoms with Crippen LogP contribution in [0.4, 0.5) is 5.00 Å². The lowest BCUT2D eigenvalue weighted by Crippen LogP contribution is -2.54. The quantitative estimate of drug-likeness (QED) is 0.530. The second kappa shape index (κ2) is 8.56. The summed E-state index contributed by atoms with van der Waals surface area (Å²) >= 11 is 1.14. The van der Waals surface area contributed by atoms with E-state index in [4.69, 9.17) is 0 Å². The number of carbonyl (C=O) groups excluding carboxylic acids is 1. The molecule has 3 fully saturated rings. The highest BCUT2D eigenvalue weighted by atomic mass is 32.2. The van der Waals surface area contributed by atoms with Crippen LogP contribution < -0.4 is 5.32 Å². The summed E-state index contributed by atoms with van der Waals surface area (Å²) in [6.45, 7) is 0.616. The zero-order chi connectivity index (χ0) is 25.4. The standard InChI is InChI=1S/C24H31N3O6S3/c1-35(30,31)10-8-16-12-34-23-21(16)36(32,33)26-22(25-23)18-20(28)17-14-5-6-15(11-14)19(17)27(24(18)29)9-7-13-3-2-4-13/h12-15,17,19,28H,2-11H2,1H3,(H,25,26)/t14-,15+,17?,19?/m0/s1. The van der Waals surface area contributed by atoms with Crippen molar-refractivity contribution in [2.45, 2.75) is 62.3 Å². The first-order valence-corrected chi connectivity index (χ1v) is 17.1. The number of thiophene rings is 1. The molecule has 3 aliphatic carbocycles. The molecule has 1 aromatic heterocycles. The van der Waals surface area contributed by atoms with Crippen molar-refractivity contribution in [3.63, 3.8) is 0 Å². The number of sulfone groups is 1. The van der Waals surface area contributed by atoms with Gasteiger partial charge in [-0.05, 0) is 60.8 Å². The van der Waals surface area contributed by atoms with Crippen molar-refractivity contribution in [3.8, 4) is 0 Å². The van der Waals surface area contributed by atoms with Crippen LogP contribution in [0.1, 0.15) is 50.5 Å². The van der Waals surface area contributed by atoms with Gasteiger partial charge >= 0.3 is 0 Å². The van der Waals surface area contributed by atoms with Gasteiger partial charge in [0.15, 0.2) is 5.84 Å². The number of hydrogen-bond donors (Lipinski definition) is 2. The summed E-state index contributed by atoms with van der Waals surface area (Å²) in [7, 11) is -7.46. The molecule has 12 heteroatoms. The number of sulfonamides is 1. The van der Waals surface area contributed by atoms with E-state index >= 15 is 0 Å². The molecule has 3 saturated carbocycles. The van der Waals surface area contributed by atoms with E-state index in [1.54, 1.807) is 5.38 Å². The summed E-state index contributed by atoms with van der Waals surface area (Å²) in [5, 5.41) is 16.3. The molecule has 196 valence electrons. The molecule has 2 unspecified atom stereocenters. The molecule has 2 N–H and O–H groups in total. The van der Waals surface area contributed by atoms with Crippen LogP contribution in [0.25, 0.3) is 0 Å². The Labute approximate surface area is 215 Å². The number of aryl methyl sites for hydroxylation is 1. The maximum atomic E-state index is 13.8. The fraction of sp³-hybridized carbons (Fsp3) is 0.667. The molecule has 0 spiro atoms. The number of nitrogens with one attached hydrogen (secondary N) is 1. The van der Waals surface area contributed by atoms with Crippen molar-refractivity contribution in [1.82, 2.24) is 4.90 Å². The number of amides is 1. The Hall–Kier alpha value is -1.92. The number of anilines is 1. The summed E-state index contributed by atoms with van der Waals surface area (Å²) in [4.78, 5) is 15.7. The van der Waals surface area contributed by atoms with Gasteiger partial charge in [0.2, 0.25) is 0 Å². The van der Waals surface area contributed by atoms with Crippen molar-refractivity contribution in [2.75, 3.05) is 23.9 Å². The SMILES string of the molecule is CS(=O)(=O)CCc1csc2c1S(=O)(=O)N=C(C1=C(O)C3C([C@@H]4CC[C@H]3C4)N(CCC3CCC3)C1=O)N2. The number of rotatable bonds is 7. The summed E-state index contributed by atoms with van der Waals surface area (Å²) in [5.41, 5.74) is 0.358. The normalized spacial score (nSPS) is 31.1. The minimum absolute atomic E-state index is 0.0271. The summed E-state index contributed by atoms with van der Waals surface area (Å²) < 4.78 is 53.7. The second-order valence-electron chi connectivity index (χ2n) is 11.0. The van der Waals surface area contributed by atoms with Gasteiger partial charge in [0.1, 0.15) is 31.1 Å². The van der Waals surface area contributed by atoms with Crippen LogP contribution >= 0.6 is 11.3 Å². The minimum Gasteiger partial charge on any atom is -0.511 e. The number of aliphatic hydroxyl groups is 1. The van der Waals surface area contributed by atoms with Gasteiger partial charge in [0.05, 0.1) is 5.75 Å². The van der Waals surface area contributed by atoms with Gasteiger partial charge in [-0.1, -0.05) is 19.3 Å². The van der Waals surface area contributed by atoms with Crippen molar-refractivity contribution >= 4 is 47.9 Å². The second-order valence-corrected chi connectivity index (χ2v) is 15.7. The first-order chi connectivity index (χ1) is 17.0. The fourth-order valence-electron chi connectivity index (χ4n) is 6.85. The van der Waals surface area contributed by atoms with Crippen LogP contribution in [-0.2, 0) is 31.1 Å². The lowest BCUT2D eigenvalue weighted by atomic mass is 9.77. The molecule has 2 aliphatic heterocycles. The molecule has 4 atom stereocenters. The number of amidine groups is 1. The first-order valence-electron chi connectivity index (χ1n) is 12.7. The minimum atomic E-state index is -4.19. The number of fused-ring (bicyclic) bond motifs is 6. The molecule has 1 aromatic rings. The fourth-order valence-corrected chi connectivity index (χ4v) is 10.1. The van der Waals surface area contributed by atoms with E-state index in [2.05, 4.69) is 9.71 Å². The molecule has 3 heterocycles. The van der Waals surface area contributed by atoms with Crippen LogP contribution in [0, 0.1) is 23.7 Å². The topological polar surface area (TPSA) is 133 Å². The van der Waals surface area contributed by atoms with E-state index in [-0.39, 0.29) is 58.0 Å². The smallest absolute Gasteiger partial charge is 0.287 e. The highest BCUT2D eigenvalue weighted by Gasteiger charge is 2.57. The highest BCUT2D eigenvalue weighted by molar-refractivity contribution is 7.91. The van der Waals surface area contributed by atoms with E-state index in [0.717, 1.165) is 43.3 Å². The molecule has 6 rings (SSSR count). The Morgan fingerprint density at radius 3 is 2.67 bits per heavy atom. The number of carbonyl (C=O) groups is 1. The Morgan fingerprint density at radius 1 is 1.22 bits per heavy atom. The highest BCUT2D eigenvalue weighted by Crippen LogP contribution is 2.55. The number of aliphatic hydroxyl groups excluding tert-OH is 1. The third kappa shape index (κ3) is 3.99. The average molecular weight is 554 g/mol. The maximum absolute atomic E-state index is 13.8. The molecule has 0 saturated heterocycles. The predicted molar refractivity (Wildman–Crippen MR) is 137 cm³/mol. The largest absolute Gasteiger partial charge is 0.511 e. The summed E-state index contributed by atoms with van der Waals surface area (Å²) in [6, 6.07) is -0.0271. The zero-order valence-corrected chi connectivity index (χ0v) is 22.6. The van der Waals surface area contributed by atoms with Gasteiger partial charge in [0, 0.05) is 24.8 Å². The summed E-state index contributed by atoms with van der Waals surface area (Å²) in [6.07, 6.45) is 8.75. The third-order valence-electron chi connectivity index (χ3n) is 8.78. The Bertz CT molecular complexity index is 1390. The summed E-state index contributed by atoms with van der Waals surface area (Å²) in [5.74, 6) is 0.429. The molecule has 36 heavy (non-hydrogen) atoms. The molecule has 2 bridgehead atoms. The Morgan fingerprint density at radius 2 is 1.97 bits per heavy atom. The molecule has 0 aromatic carbocycles. The molecular formula is C24H31N3O6S3. The van der Waals surface area contributed by atoms with Gasteiger partial charge in [-0.25, -0.2) is 8.42 Å². The molecular weight excluding hydrogens is 522 g/mol. The van der Waals surface area contributed by atoms with Crippen LogP contribution in [0.3, 0.4) is 0 Å². The average Bonchev–Trinajstić information content (AvgIpc) is 3.47. The molecule has 1 amide bonds. The van der Waals surface area contributed by atoms with Crippen molar-refractivity contribution in [3.05, 3.63) is 22.3 Å². The van der Waals surface area contributed by atoms with Gasteiger partial charge in [-0.2, -0.15) is 8.42 Å². The third-order valence-corrected chi connectivity index (χ3v) is 12.2. The van der Waals surface area contributed by atoms with E-state index in [0.29, 0.717) is 28.9 Å². The lowest BCUT2D eigenvalue weighted by Gasteiger charge is -2.44. The van der Waals surface area contributed by atoms with Gasteiger partial charge in [0.25, 0.3) is 15.9 Å². The van der Waals surface area contributed by atoms with E-state index < -0.39 is 19.9 Å². The van der Waals surface area contributed by atoms with Crippen LogP contribution in [0.5, 0.6) is 0 Å². The Balaban J connectivity index is 1.35. The molecule has 5 aliphatic rings. The Kier molecular flexibility index (Phi) is 5.80. The van der Waals surface area contributed by atoms with Gasteiger partial charge in [-0.15, -0.1) is 15.7 Å². The van der Waals surface area contributed by atoms with Crippen molar-refractivity contribution in [1.29, 1.82) is 0 Å². The van der Waals surface area contributed by atoms with Gasteiger partial charge < -0.3 is 15.3 Å². The van der Waals surface area contributed by atoms with E-state index in [1.807, 2.05) is 4.90 Å². The van der Waals surface area contributed by atoms with Gasteiger partial charge in [-0.3, -0.25) is 4.79 Å². The van der Waals surface area contributed by atoms with Crippen LogP contribution in [0.15, 0.2) is 26.0 Å². The van der Waals surface area contributed by atoms with Crippen LogP contribution in [0.2, 0.25) is 0 Å². The van der Waals surface area contributed by atoms with E-state index in [9.17, 15) is 26.7 Å².